The molecule has 0 bridgehead atoms. The lowest BCUT2D eigenvalue weighted by molar-refractivity contribution is 0.0697. The Morgan fingerprint density at radius 3 is 2.00 bits per heavy atom. The lowest BCUT2D eigenvalue weighted by Crippen LogP contribution is -2.04. The van der Waals surface area contributed by atoms with Crippen molar-refractivity contribution in [3.05, 3.63) is 35.0 Å². The van der Waals surface area contributed by atoms with Gasteiger partial charge in [0.15, 0.2) is 0 Å². The van der Waals surface area contributed by atoms with Gasteiger partial charge in [0.1, 0.15) is 0 Å². The minimum Gasteiger partial charge on any atom is -0.478 e. The van der Waals surface area contributed by atoms with Crippen LogP contribution in [0, 0.1) is 0 Å². The second kappa shape index (κ2) is 5.55. The first-order valence-corrected chi connectivity index (χ1v) is 7.65. The predicted octanol–water partition coefficient (Wildman–Crippen LogP) is 5.17. The van der Waals surface area contributed by atoms with E-state index in [1.54, 1.807) is 0 Å². The molecule has 2 rings (SSSR count). The van der Waals surface area contributed by atoms with Gasteiger partial charge in [-0.25, -0.2) is 4.79 Å². The van der Waals surface area contributed by atoms with E-state index in [4.69, 9.17) is 0 Å². The fraction of sp³-hybridized carbons (Fsp3) is 0.500. The van der Waals surface area contributed by atoms with Crippen molar-refractivity contribution in [2.45, 2.75) is 59.4 Å². The molecule has 0 atom stereocenters. The number of aromatic carboxylic acids is 1. The van der Waals surface area contributed by atoms with Crippen LogP contribution < -0.4 is 0 Å². The molecule has 0 saturated carbocycles. The summed E-state index contributed by atoms with van der Waals surface area (Å²) >= 11 is 0. The Kier molecular flexibility index (Phi) is 4.13. The van der Waals surface area contributed by atoms with E-state index in [2.05, 4.69) is 52.3 Å². The zero-order valence-corrected chi connectivity index (χ0v) is 13.8. The lowest BCUT2D eigenvalue weighted by atomic mass is 9.94. The van der Waals surface area contributed by atoms with Gasteiger partial charge in [-0.3, -0.25) is 0 Å². The van der Waals surface area contributed by atoms with Gasteiger partial charge in [0.25, 0.3) is 0 Å². The Morgan fingerprint density at radius 1 is 1.00 bits per heavy atom. The number of benzene rings is 1. The number of aromatic nitrogens is 1. The molecule has 2 aromatic rings. The summed E-state index contributed by atoms with van der Waals surface area (Å²) in [5.41, 5.74) is 3.91. The third-order valence-electron chi connectivity index (χ3n) is 4.03. The largest absolute Gasteiger partial charge is 0.478 e. The molecule has 0 fully saturated rings. The first kappa shape index (κ1) is 15.6. The fourth-order valence-corrected chi connectivity index (χ4v) is 2.88. The quantitative estimate of drug-likeness (QED) is 0.843. The second-order valence-electron chi connectivity index (χ2n) is 6.66. The van der Waals surface area contributed by atoms with Gasteiger partial charge < -0.3 is 9.67 Å². The molecule has 114 valence electrons. The van der Waals surface area contributed by atoms with Gasteiger partial charge in [0.2, 0.25) is 0 Å². The molecule has 0 spiro atoms. The number of nitrogens with zero attached hydrogens (tertiary/aromatic N) is 1. The van der Waals surface area contributed by atoms with E-state index < -0.39 is 5.97 Å². The smallest absolute Gasteiger partial charge is 0.335 e. The minimum atomic E-state index is -0.856. The van der Waals surface area contributed by atoms with E-state index in [1.807, 2.05) is 12.1 Å². The van der Waals surface area contributed by atoms with Crippen LogP contribution in [0.4, 0.5) is 0 Å². The molecule has 1 aromatic heterocycles. The first-order valence-electron chi connectivity index (χ1n) is 7.65. The molecule has 1 aromatic carbocycles. The maximum absolute atomic E-state index is 11.4. The van der Waals surface area contributed by atoms with Crippen molar-refractivity contribution < 1.29 is 9.90 Å². The van der Waals surface area contributed by atoms with Crippen LogP contribution in [0.15, 0.2) is 18.3 Å². The average molecular weight is 287 g/mol. The highest BCUT2D eigenvalue weighted by atomic mass is 16.4. The molecule has 0 unspecified atom stereocenters. The van der Waals surface area contributed by atoms with Crippen LogP contribution >= 0.6 is 0 Å². The summed E-state index contributed by atoms with van der Waals surface area (Å²) in [4.78, 5) is 11.4. The Bertz CT molecular complexity index is 678. The summed E-state index contributed by atoms with van der Waals surface area (Å²) in [5, 5.41) is 10.5. The SMILES string of the molecule is CC(C)c1cn(C(C)C)c2c(C(C)C)cc(C(=O)O)cc12. The predicted molar refractivity (Wildman–Crippen MR) is 87.5 cm³/mol. The summed E-state index contributed by atoms with van der Waals surface area (Å²) < 4.78 is 2.28. The van der Waals surface area contributed by atoms with Crippen LogP contribution in [0.25, 0.3) is 10.9 Å². The summed E-state index contributed by atoms with van der Waals surface area (Å²) in [6, 6.07) is 4.02. The molecular formula is C18H25NO2. The normalized spacial score (nSPS) is 12.0. The van der Waals surface area contributed by atoms with Gasteiger partial charge in [0, 0.05) is 17.6 Å². The summed E-state index contributed by atoms with van der Waals surface area (Å²) in [5.74, 6) is -0.193. The van der Waals surface area contributed by atoms with Crippen LogP contribution in [0.2, 0.25) is 0 Å². The lowest BCUT2D eigenvalue weighted by Gasteiger charge is -2.16. The topological polar surface area (TPSA) is 42.2 Å². The van der Waals surface area contributed by atoms with Crippen LogP contribution in [0.5, 0.6) is 0 Å². The van der Waals surface area contributed by atoms with Gasteiger partial charge in [0.05, 0.1) is 11.1 Å². The van der Waals surface area contributed by atoms with Gasteiger partial charge in [-0.1, -0.05) is 27.7 Å². The molecule has 3 nitrogen and oxygen atoms in total. The van der Waals surface area contributed by atoms with Crippen molar-refractivity contribution >= 4 is 16.9 Å². The van der Waals surface area contributed by atoms with Gasteiger partial charge in [-0.2, -0.15) is 0 Å². The van der Waals surface area contributed by atoms with Crippen molar-refractivity contribution in [2.75, 3.05) is 0 Å². The van der Waals surface area contributed by atoms with Gasteiger partial charge >= 0.3 is 5.97 Å². The summed E-state index contributed by atoms with van der Waals surface area (Å²) in [6.07, 6.45) is 2.19. The number of hydrogen-bond donors (Lipinski definition) is 1. The first-order chi connectivity index (χ1) is 9.73. The second-order valence-corrected chi connectivity index (χ2v) is 6.66. The standard InChI is InChI=1S/C18H25NO2/c1-10(2)14-7-13(18(20)21)8-15-16(11(3)4)9-19(12(5)6)17(14)15/h7-12H,1-6H3,(H,20,21). The summed E-state index contributed by atoms with van der Waals surface area (Å²) in [6.45, 7) is 12.9. The van der Waals surface area contributed by atoms with Crippen molar-refractivity contribution in [3.8, 4) is 0 Å². The molecule has 0 aliphatic rings. The molecule has 0 saturated heterocycles. The van der Waals surface area contributed by atoms with E-state index in [0.717, 1.165) is 10.9 Å². The zero-order valence-electron chi connectivity index (χ0n) is 13.8. The third-order valence-corrected chi connectivity index (χ3v) is 4.03. The number of carboxylic acids is 1. The Balaban J connectivity index is 2.93. The monoisotopic (exact) mass is 287 g/mol. The summed E-state index contributed by atoms with van der Waals surface area (Å²) in [7, 11) is 0. The highest BCUT2D eigenvalue weighted by Crippen LogP contribution is 2.35. The third kappa shape index (κ3) is 2.69. The van der Waals surface area contributed by atoms with Crippen LogP contribution in [-0.4, -0.2) is 15.6 Å². The number of carbonyl (C=O) groups is 1. The van der Waals surface area contributed by atoms with Crippen LogP contribution in [0.1, 0.15) is 80.9 Å². The number of hydrogen-bond acceptors (Lipinski definition) is 1. The van der Waals surface area contributed by atoms with E-state index in [0.29, 0.717) is 23.4 Å². The van der Waals surface area contributed by atoms with E-state index in [-0.39, 0.29) is 0 Å². The van der Waals surface area contributed by atoms with Crippen molar-refractivity contribution in [2.24, 2.45) is 0 Å². The maximum Gasteiger partial charge on any atom is 0.335 e. The Labute approximate surface area is 126 Å². The van der Waals surface area contributed by atoms with Gasteiger partial charge in [-0.05, 0) is 48.9 Å². The molecule has 0 aliphatic carbocycles. The molecule has 0 aliphatic heterocycles. The molecule has 1 heterocycles. The van der Waals surface area contributed by atoms with Crippen LogP contribution in [0.3, 0.4) is 0 Å². The Morgan fingerprint density at radius 2 is 1.57 bits per heavy atom. The number of rotatable bonds is 4. The van der Waals surface area contributed by atoms with E-state index in [1.165, 1.54) is 11.1 Å². The highest BCUT2D eigenvalue weighted by molar-refractivity contribution is 5.97. The number of carboxylic acid groups (broad SMARTS) is 1. The molecule has 3 heteroatoms. The van der Waals surface area contributed by atoms with Crippen molar-refractivity contribution in [3.63, 3.8) is 0 Å². The highest BCUT2D eigenvalue weighted by Gasteiger charge is 2.20. The molecule has 1 N–H and O–H groups in total. The molecule has 0 amide bonds. The minimum absolute atomic E-state index is 0.291. The van der Waals surface area contributed by atoms with Crippen LogP contribution in [-0.2, 0) is 0 Å². The van der Waals surface area contributed by atoms with E-state index >= 15 is 0 Å². The molecular weight excluding hydrogens is 262 g/mol. The zero-order chi connectivity index (χ0) is 15.9. The Hall–Kier alpha value is -1.77. The van der Waals surface area contributed by atoms with Gasteiger partial charge in [-0.15, -0.1) is 0 Å². The molecule has 0 radical (unpaired) electrons. The maximum atomic E-state index is 11.4. The van der Waals surface area contributed by atoms with E-state index in [9.17, 15) is 9.90 Å². The fourth-order valence-electron chi connectivity index (χ4n) is 2.88. The van der Waals surface area contributed by atoms with Crippen molar-refractivity contribution in [1.29, 1.82) is 0 Å². The number of fused-ring (bicyclic) bond motifs is 1. The average Bonchev–Trinajstić information content (AvgIpc) is 2.76. The molecule has 21 heavy (non-hydrogen) atoms. The van der Waals surface area contributed by atoms with Crippen molar-refractivity contribution in [1.82, 2.24) is 4.57 Å².